The van der Waals surface area contributed by atoms with Gasteiger partial charge in [0.1, 0.15) is 0 Å². The van der Waals surface area contributed by atoms with Gasteiger partial charge in [-0.15, -0.1) is 0 Å². The molecule has 0 bridgehead atoms. The highest BCUT2D eigenvalue weighted by Gasteiger charge is 2.21. The van der Waals surface area contributed by atoms with Crippen molar-refractivity contribution in [1.29, 1.82) is 0 Å². The van der Waals surface area contributed by atoms with Crippen molar-refractivity contribution in [3.8, 4) is 0 Å². The maximum Gasteiger partial charge on any atom is 0.0297 e. The summed E-state index contributed by atoms with van der Waals surface area (Å²) in [6, 6.07) is 9.12. The van der Waals surface area contributed by atoms with E-state index in [4.69, 9.17) is 5.73 Å². The van der Waals surface area contributed by atoms with E-state index < -0.39 is 0 Å². The van der Waals surface area contributed by atoms with E-state index in [9.17, 15) is 0 Å². The normalized spacial score (nSPS) is 18.8. The molecule has 17 heavy (non-hydrogen) atoms. The van der Waals surface area contributed by atoms with Crippen LogP contribution in [0.15, 0.2) is 24.3 Å². The lowest BCUT2D eigenvalue weighted by atomic mass is 9.79. The topological polar surface area (TPSA) is 26.0 Å². The first-order chi connectivity index (χ1) is 7.97. The molecule has 0 radical (unpaired) electrons. The molecule has 1 aromatic rings. The largest absolute Gasteiger partial charge is 0.324 e. The van der Waals surface area contributed by atoms with Gasteiger partial charge >= 0.3 is 0 Å². The van der Waals surface area contributed by atoms with Crippen LogP contribution in [-0.2, 0) is 5.41 Å². The Balaban J connectivity index is 2.01. The lowest BCUT2D eigenvalue weighted by Gasteiger charge is -2.28. The highest BCUT2D eigenvalue weighted by Crippen LogP contribution is 2.34. The summed E-state index contributed by atoms with van der Waals surface area (Å²) >= 11 is 0. The molecule has 0 spiro atoms. The van der Waals surface area contributed by atoms with Gasteiger partial charge in [-0.3, -0.25) is 0 Å². The second-order valence-corrected chi connectivity index (χ2v) is 6.51. The molecule has 1 heteroatoms. The summed E-state index contributed by atoms with van der Waals surface area (Å²) in [5, 5.41) is 0. The van der Waals surface area contributed by atoms with Crippen molar-refractivity contribution in [3.63, 3.8) is 0 Å². The van der Waals surface area contributed by atoms with E-state index in [1.165, 1.54) is 30.4 Å². The smallest absolute Gasteiger partial charge is 0.0297 e. The van der Waals surface area contributed by atoms with E-state index >= 15 is 0 Å². The summed E-state index contributed by atoms with van der Waals surface area (Å²) in [7, 11) is 0. The monoisotopic (exact) mass is 231 g/mol. The quantitative estimate of drug-likeness (QED) is 0.830. The van der Waals surface area contributed by atoms with Crippen molar-refractivity contribution in [1.82, 2.24) is 0 Å². The first-order valence-electron chi connectivity index (χ1n) is 6.83. The van der Waals surface area contributed by atoms with Crippen molar-refractivity contribution in [3.05, 3.63) is 35.4 Å². The van der Waals surface area contributed by atoms with Crippen LogP contribution in [0.25, 0.3) is 0 Å². The molecule has 0 saturated heterocycles. The highest BCUT2D eigenvalue weighted by molar-refractivity contribution is 5.29. The van der Waals surface area contributed by atoms with Gasteiger partial charge in [-0.05, 0) is 28.9 Å². The third kappa shape index (κ3) is 3.10. The van der Waals surface area contributed by atoms with Crippen molar-refractivity contribution in [2.24, 2.45) is 11.7 Å². The van der Waals surface area contributed by atoms with Crippen molar-refractivity contribution in [2.75, 3.05) is 0 Å². The minimum absolute atomic E-state index is 0.231. The van der Waals surface area contributed by atoms with Crippen LogP contribution in [0.4, 0.5) is 0 Å². The molecule has 1 aliphatic rings. The van der Waals surface area contributed by atoms with Gasteiger partial charge in [0.15, 0.2) is 0 Å². The molecular formula is C16H25N. The third-order valence-corrected chi connectivity index (χ3v) is 4.02. The predicted molar refractivity (Wildman–Crippen MR) is 74.0 cm³/mol. The summed E-state index contributed by atoms with van der Waals surface area (Å²) in [5.41, 5.74) is 9.18. The summed E-state index contributed by atoms with van der Waals surface area (Å²) in [5.74, 6) is 0.882. The van der Waals surface area contributed by atoms with Crippen LogP contribution in [-0.4, -0.2) is 0 Å². The molecule has 1 saturated carbocycles. The van der Waals surface area contributed by atoms with Gasteiger partial charge in [0.25, 0.3) is 0 Å². The Kier molecular flexibility index (Phi) is 3.58. The molecule has 94 valence electrons. The van der Waals surface area contributed by atoms with Crippen LogP contribution < -0.4 is 5.73 Å². The lowest BCUT2D eigenvalue weighted by Crippen LogP contribution is -2.20. The zero-order valence-electron chi connectivity index (χ0n) is 11.4. The highest BCUT2D eigenvalue weighted by atomic mass is 14.6. The van der Waals surface area contributed by atoms with Gasteiger partial charge in [0.2, 0.25) is 0 Å². The molecule has 0 aromatic heterocycles. The zero-order valence-corrected chi connectivity index (χ0v) is 11.4. The third-order valence-electron chi connectivity index (χ3n) is 4.02. The van der Waals surface area contributed by atoms with Gasteiger partial charge in [-0.25, -0.2) is 0 Å². The fourth-order valence-corrected chi connectivity index (χ4v) is 2.45. The molecule has 1 nitrogen and oxygen atoms in total. The Bertz CT molecular complexity index is 354. The molecular weight excluding hydrogens is 206 g/mol. The summed E-state index contributed by atoms with van der Waals surface area (Å²) < 4.78 is 0. The van der Waals surface area contributed by atoms with Gasteiger partial charge in [0, 0.05) is 6.04 Å². The van der Waals surface area contributed by atoms with Gasteiger partial charge in [-0.1, -0.05) is 64.3 Å². The van der Waals surface area contributed by atoms with Gasteiger partial charge < -0.3 is 5.73 Å². The molecule has 1 fully saturated rings. The second-order valence-electron chi connectivity index (χ2n) is 6.51. The maximum atomic E-state index is 6.26. The molecule has 0 aliphatic heterocycles. The first-order valence-corrected chi connectivity index (χ1v) is 6.83. The molecule has 1 unspecified atom stereocenters. The molecule has 1 atom stereocenters. The Morgan fingerprint density at radius 3 is 2.18 bits per heavy atom. The number of nitrogens with two attached hydrogens (primary N) is 1. The van der Waals surface area contributed by atoms with E-state index in [0.29, 0.717) is 0 Å². The fourth-order valence-electron chi connectivity index (χ4n) is 2.45. The number of benzene rings is 1. The summed E-state index contributed by atoms with van der Waals surface area (Å²) in [6.07, 6.45) is 5.33. The first kappa shape index (κ1) is 12.6. The van der Waals surface area contributed by atoms with Crippen LogP contribution in [0.2, 0.25) is 0 Å². The van der Waals surface area contributed by atoms with E-state index in [-0.39, 0.29) is 11.5 Å². The Hall–Kier alpha value is -0.820. The zero-order chi connectivity index (χ0) is 12.5. The van der Waals surface area contributed by atoms with Crippen molar-refractivity contribution in [2.45, 2.75) is 57.9 Å². The number of hydrogen-bond acceptors (Lipinski definition) is 1. The van der Waals surface area contributed by atoms with Gasteiger partial charge in [-0.2, -0.15) is 0 Å². The number of rotatable bonds is 3. The summed E-state index contributed by atoms with van der Waals surface area (Å²) in [4.78, 5) is 0. The Morgan fingerprint density at radius 2 is 1.76 bits per heavy atom. The van der Waals surface area contributed by atoms with Gasteiger partial charge in [0.05, 0.1) is 0 Å². The van der Waals surface area contributed by atoms with E-state index in [0.717, 1.165) is 12.3 Å². The minimum atomic E-state index is 0.231. The second kappa shape index (κ2) is 4.81. The van der Waals surface area contributed by atoms with Crippen LogP contribution in [0.3, 0.4) is 0 Å². The summed E-state index contributed by atoms with van der Waals surface area (Å²) in [6.45, 7) is 6.74. The minimum Gasteiger partial charge on any atom is -0.324 e. The van der Waals surface area contributed by atoms with Crippen LogP contribution in [0, 0.1) is 5.92 Å². The average Bonchev–Trinajstić information content (AvgIpc) is 2.22. The molecule has 0 amide bonds. The molecule has 1 aliphatic carbocycles. The number of hydrogen-bond donors (Lipinski definition) is 1. The van der Waals surface area contributed by atoms with Crippen LogP contribution in [0.5, 0.6) is 0 Å². The predicted octanol–water partition coefficient (Wildman–Crippen LogP) is 4.17. The molecule has 0 heterocycles. The average molecular weight is 231 g/mol. The fraction of sp³-hybridized carbons (Fsp3) is 0.625. The standard InChI is InChI=1S/C16H25N/c1-16(2,3)14-9-7-13(8-10-14)15(17)11-12-5-4-6-12/h7-10,12,15H,4-6,11,17H2,1-3H3. The molecule has 2 N–H and O–H groups in total. The Labute approximate surface area is 105 Å². The molecule has 1 aromatic carbocycles. The van der Waals surface area contributed by atoms with Crippen molar-refractivity contribution >= 4 is 0 Å². The lowest BCUT2D eigenvalue weighted by molar-refractivity contribution is 0.277. The van der Waals surface area contributed by atoms with E-state index in [1.54, 1.807) is 0 Å². The van der Waals surface area contributed by atoms with Crippen LogP contribution >= 0.6 is 0 Å². The maximum absolute atomic E-state index is 6.26. The SMILES string of the molecule is CC(C)(C)c1ccc(C(N)CC2CCC2)cc1. The van der Waals surface area contributed by atoms with Crippen molar-refractivity contribution < 1.29 is 0 Å². The van der Waals surface area contributed by atoms with E-state index in [2.05, 4.69) is 45.0 Å². The molecule has 2 rings (SSSR count). The Morgan fingerprint density at radius 1 is 1.18 bits per heavy atom. The van der Waals surface area contributed by atoms with E-state index in [1.807, 2.05) is 0 Å². The van der Waals surface area contributed by atoms with Crippen LogP contribution in [0.1, 0.15) is 63.6 Å².